The summed E-state index contributed by atoms with van der Waals surface area (Å²) in [7, 11) is -1.66. The van der Waals surface area contributed by atoms with Gasteiger partial charge in [0, 0.05) is 31.4 Å². The van der Waals surface area contributed by atoms with Crippen molar-refractivity contribution in [3.63, 3.8) is 0 Å². The highest BCUT2D eigenvalue weighted by atomic mass is 35.5. The molecule has 2 aliphatic rings. The van der Waals surface area contributed by atoms with Gasteiger partial charge in [-0.05, 0) is 80.7 Å². The van der Waals surface area contributed by atoms with Gasteiger partial charge in [0.15, 0.2) is 0 Å². The average molecular weight is 595 g/mol. The SMILES string of the molecule is COCC(NC1CCN(Cc2ccc(Oc3ccc(NS(C)(=O)=O)cc3)cc2)CC1)C(=O)NC1CCCCC1.Cl. The number of nitrogens with zero attached hydrogens (tertiary/aromatic N) is 1. The molecule has 0 spiro atoms. The molecule has 3 N–H and O–H groups in total. The number of carbonyl (C=O) groups is 1. The van der Waals surface area contributed by atoms with E-state index in [0.717, 1.165) is 57.3 Å². The number of halogens is 1. The lowest BCUT2D eigenvalue weighted by molar-refractivity contribution is -0.125. The van der Waals surface area contributed by atoms with Crippen LogP contribution in [0.4, 0.5) is 5.69 Å². The Morgan fingerprint density at radius 1 is 0.925 bits per heavy atom. The molecular weight excluding hydrogens is 552 g/mol. The molecule has 1 amide bonds. The molecule has 222 valence electrons. The van der Waals surface area contributed by atoms with Crippen LogP contribution in [-0.4, -0.2) is 70.4 Å². The van der Waals surface area contributed by atoms with Crippen molar-refractivity contribution in [1.29, 1.82) is 0 Å². The van der Waals surface area contributed by atoms with E-state index < -0.39 is 10.0 Å². The van der Waals surface area contributed by atoms with Gasteiger partial charge in [0.25, 0.3) is 0 Å². The van der Waals surface area contributed by atoms with Crippen LogP contribution in [0.2, 0.25) is 0 Å². The van der Waals surface area contributed by atoms with Crippen molar-refractivity contribution >= 4 is 34.0 Å². The van der Waals surface area contributed by atoms with Crippen LogP contribution in [0.5, 0.6) is 11.5 Å². The minimum atomic E-state index is -3.31. The highest BCUT2D eigenvalue weighted by molar-refractivity contribution is 7.92. The number of amides is 1. The zero-order valence-electron chi connectivity index (χ0n) is 23.4. The number of ether oxygens (including phenoxy) is 2. The highest BCUT2D eigenvalue weighted by Crippen LogP contribution is 2.24. The summed E-state index contributed by atoms with van der Waals surface area (Å²) in [6.07, 6.45) is 8.92. The Morgan fingerprint density at radius 2 is 1.52 bits per heavy atom. The van der Waals surface area contributed by atoms with Gasteiger partial charge in [0.2, 0.25) is 15.9 Å². The Kier molecular flexibility index (Phi) is 12.5. The summed E-state index contributed by atoms with van der Waals surface area (Å²) in [6, 6.07) is 15.1. The van der Waals surface area contributed by atoms with Crippen molar-refractivity contribution in [3.05, 3.63) is 54.1 Å². The number of methoxy groups -OCH3 is 1. The Morgan fingerprint density at radius 3 is 2.10 bits per heavy atom. The standard InChI is InChI=1S/C29H42N4O5S.ClH/c1-37-21-28(29(34)31-23-6-4-3-5-7-23)30-24-16-18-33(19-17-24)20-22-8-12-26(13-9-22)38-27-14-10-25(11-15-27)32-39(2,35)36;/h8-15,23-24,28,30,32H,3-7,16-21H2,1-2H3,(H,31,34);1H. The van der Waals surface area contributed by atoms with Crippen molar-refractivity contribution < 1.29 is 22.7 Å². The van der Waals surface area contributed by atoms with Crippen LogP contribution in [0.15, 0.2) is 48.5 Å². The van der Waals surface area contributed by atoms with Gasteiger partial charge in [-0.3, -0.25) is 14.4 Å². The smallest absolute Gasteiger partial charge is 0.239 e. The van der Waals surface area contributed by atoms with Crippen LogP contribution in [0.1, 0.15) is 50.5 Å². The maximum absolute atomic E-state index is 12.9. The lowest BCUT2D eigenvalue weighted by Crippen LogP contribution is -2.55. The Bertz CT molecular complexity index is 1150. The summed E-state index contributed by atoms with van der Waals surface area (Å²) in [6.45, 7) is 3.18. The van der Waals surface area contributed by atoms with E-state index in [1.807, 2.05) is 12.1 Å². The van der Waals surface area contributed by atoms with E-state index in [2.05, 4.69) is 32.4 Å². The first-order valence-corrected chi connectivity index (χ1v) is 15.8. The summed E-state index contributed by atoms with van der Waals surface area (Å²) < 4.78 is 36.4. The molecule has 9 nitrogen and oxygen atoms in total. The first kappa shape index (κ1) is 32.1. The monoisotopic (exact) mass is 594 g/mol. The van der Waals surface area contributed by atoms with Gasteiger partial charge < -0.3 is 20.1 Å². The topological polar surface area (TPSA) is 109 Å². The number of carbonyl (C=O) groups excluding carboxylic acids is 1. The van der Waals surface area contributed by atoms with Gasteiger partial charge >= 0.3 is 0 Å². The lowest BCUT2D eigenvalue weighted by Gasteiger charge is -2.34. The molecule has 0 radical (unpaired) electrons. The third-order valence-electron chi connectivity index (χ3n) is 7.35. The molecule has 40 heavy (non-hydrogen) atoms. The fraction of sp³-hybridized carbons (Fsp3) is 0.552. The number of benzene rings is 2. The van der Waals surface area contributed by atoms with Crippen molar-refractivity contribution in [1.82, 2.24) is 15.5 Å². The van der Waals surface area contributed by atoms with Crippen molar-refractivity contribution in [2.75, 3.05) is 37.8 Å². The average Bonchev–Trinajstić information content (AvgIpc) is 2.91. The molecule has 1 atom stereocenters. The van der Waals surface area contributed by atoms with E-state index in [0.29, 0.717) is 30.1 Å². The zero-order chi connectivity index (χ0) is 27.7. The first-order valence-electron chi connectivity index (χ1n) is 13.9. The number of hydrogen-bond donors (Lipinski definition) is 3. The van der Waals surface area contributed by atoms with Crippen molar-refractivity contribution in [2.24, 2.45) is 0 Å². The predicted molar refractivity (Wildman–Crippen MR) is 161 cm³/mol. The Labute approximate surface area is 244 Å². The van der Waals surface area contributed by atoms with Gasteiger partial charge in [0.1, 0.15) is 17.5 Å². The lowest BCUT2D eigenvalue weighted by atomic mass is 9.95. The Balaban J connectivity index is 0.00000441. The van der Waals surface area contributed by atoms with Crippen LogP contribution in [0.25, 0.3) is 0 Å². The first-order chi connectivity index (χ1) is 18.8. The molecule has 2 aromatic carbocycles. The molecule has 1 aliphatic heterocycles. The second-order valence-electron chi connectivity index (χ2n) is 10.7. The maximum atomic E-state index is 12.9. The molecule has 2 fully saturated rings. The summed E-state index contributed by atoms with van der Waals surface area (Å²) in [4.78, 5) is 15.3. The van der Waals surface area contributed by atoms with Crippen LogP contribution < -0.4 is 20.1 Å². The normalized spacial score (nSPS) is 17.9. The number of likely N-dealkylation sites (tertiary alicyclic amines) is 1. The predicted octanol–water partition coefficient (Wildman–Crippen LogP) is 4.29. The van der Waals surface area contributed by atoms with Crippen molar-refractivity contribution in [3.8, 4) is 11.5 Å². The highest BCUT2D eigenvalue weighted by Gasteiger charge is 2.27. The molecule has 11 heteroatoms. The van der Waals surface area contributed by atoms with E-state index in [1.54, 1.807) is 31.4 Å². The summed E-state index contributed by atoms with van der Waals surface area (Å²) >= 11 is 0. The van der Waals surface area contributed by atoms with E-state index in [9.17, 15) is 13.2 Å². The molecule has 4 rings (SSSR count). The fourth-order valence-corrected chi connectivity index (χ4v) is 5.88. The molecule has 0 bridgehead atoms. The largest absolute Gasteiger partial charge is 0.457 e. The van der Waals surface area contributed by atoms with Crippen LogP contribution in [-0.2, 0) is 26.1 Å². The maximum Gasteiger partial charge on any atom is 0.239 e. The molecule has 1 heterocycles. The van der Waals surface area contributed by atoms with Gasteiger partial charge in [-0.1, -0.05) is 31.4 Å². The number of rotatable bonds is 12. The van der Waals surface area contributed by atoms with Crippen LogP contribution in [0, 0.1) is 0 Å². The van der Waals surface area contributed by atoms with Gasteiger partial charge in [-0.2, -0.15) is 0 Å². The summed E-state index contributed by atoms with van der Waals surface area (Å²) in [5.41, 5.74) is 1.71. The van der Waals surface area contributed by atoms with E-state index in [-0.39, 0.29) is 24.4 Å². The third-order valence-corrected chi connectivity index (χ3v) is 7.96. The Hall–Kier alpha value is -2.37. The van der Waals surface area contributed by atoms with Gasteiger partial charge in [-0.25, -0.2) is 8.42 Å². The van der Waals surface area contributed by atoms with E-state index in [4.69, 9.17) is 9.47 Å². The fourth-order valence-electron chi connectivity index (χ4n) is 5.32. The molecule has 1 aliphatic carbocycles. The molecule has 1 saturated heterocycles. The van der Waals surface area contributed by atoms with Gasteiger partial charge in [-0.15, -0.1) is 12.4 Å². The summed E-state index contributed by atoms with van der Waals surface area (Å²) in [5, 5.41) is 6.80. The zero-order valence-corrected chi connectivity index (χ0v) is 25.1. The number of sulfonamides is 1. The second-order valence-corrected chi connectivity index (χ2v) is 12.5. The second kappa shape index (κ2) is 15.6. The number of nitrogens with one attached hydrogen (secondary N) is 3. The molecule has 2 aromatic rings. The van der Waals surface area contributed by atoms with Crippen molar-refractivity contribution in [2.45, 2.75) is 69.6 Å². The number of hydrogen-bond acceptors (Lipinski definition) is 7. The van der Waals surface area contributed by atoms with Crippen LogP contribution >= 0.6 is 12.4 Å². The number of anilines is 1. The minimum absolute atomic E-state index is 0. The number of piperidine rings is 1. The van der Waals surface area contributed by atoms with E-state index >= 15 is 0 Å². The molecule has 0 aromatic heterocycles. The minimum Gasteiger partial charge on any atom is -0.457 e. The van der Waals surface area contributed by atoms with Crippen LogP contribution in [0.3, 0.4) is 0 Å². The van der Waals surface area contributed by atoms with Gasteiger partial charge in [0.05, 0.1) is 12.9 Å². The molecule has 1 unspecified atom stereocenters. The molecule has 1 saturated carbocycles. The summed E-state index contributed by atoms with van der Waals surface area (Å²) in [5.74, 6) is 1.42. The quantitative estimate of drug-likeness (QED) is 0.336. The van der Waals surface area contributed by atoms with E-state index in [1.165, 1.54) is 24.8 Å². The molecular formula is C29H43ClN4O5S. The third kappa shape index (κ3) is 10.6.